The second-order valence-electron chi connectivity index (χ2n) is 8.63. The highest BCUT2D eigenvalue weighted by Gasteiger charge is 2.34. The maximum Gasteiger partial charge on any atom is 0.324 e. The van der Waals surface area contributed by atoms with E-state index in [2.05, 4.69) is 5.32 Å². The molecular formula is C22H33FN2O5S. The average Bonchev–Trinajstić information content (AvgIpc) is 2.92. The number of ether oxygens (including phenoxy) is 1. The third-order valence-electron chi connectivity index (χ3n) is 5.29. The number of benzene rings is 1. The number of hydrogen-bond donors (Lipinski definition) is 1. The standard InChI is InChI=1S/C22H33FN2O5S/c1-15(2)13-30-20-12-18(8-9-19(20)23)16(3)14-31(28,29)11-7-5-6-10-25-17(4)21(26)24-22(25)27/h8-9,12,15-17H,5-7,10-11,13-14H2,1-4H3,(H,24,26,27)/t16-,17?/m0/s1. The molecule has 1 heterocycles. The van der Waals surface area contributed by atoms with Crippen LogP contribution in [-0.4, -0.2) is 56.0 Å². The number of hydrogen-bond acceptors (Lipinski definition) is 5. The lowest BCUT2D eigenvalue weighted by atomic mass is 10.0. The van der Waals surface area contributed by atoms with Gasteiger partial charge in [0.1, 0.15) is 6.04 Å². The van der Waals surface area contributed by atoms with Gasteiger partial charge in [0.25, 0.3) is 5.91 Å². The molecule has 1 N–H and O–H groups in total. The molecule has 1 aromatic carbocycles. The fourth-order valence-electron chi connectivity index (χ4n) is 3.43. The number of nitrogens with zero attached hydrogens (tertiary/aromatic N) is 1. The molecule has 1 unspecified atom stereocenters. The summed E-state index contributed by atoms with van der Waals surface area (Å²) in [5, 5.41) is 2.26. The molecule has 0 bridgehead atoms. The summed E-state index contributed by atoms with van der Waals surface area (Å²) >= 11 is 0. The molecule has 0 radical (unpaired) electrons. The van der Waals surface area contributed by atoms with E-state index in [1.807, 2.05) is 13.8 Å². The second-order valence-corrected chi connectivity index (χ2v) is 10.9. The van der Waals surface area contributed by atoms with Crippen LogP contribution in [0.25, 0.3) is 0 Å². The number of urea groups is 1. The molecule has 1 aromatic rings. The molecule has 174 valence electrons. The fraction of sp³-hybridized carbons (Fsp3) is 0.636. The van der Waals surface area contributed by atoms with Gasteiger partial charge in [-0.1, -0.05) is 33.3 Å². The van der Waals surface area contributed by atoms with E-state index < -0.39 is 27.7 Å². The molecule has 0 spiro atoms. The average molecular weight is 457 g/mol. The van der Waals surface area contributed by atoms with E-state index in [0.29, 0.717) is 32.4 Å². The van der Waals surface area contributed by atoms with Crippen LogP contribution < -0.4 is 10.1 Å². The monoisotopic (exact) mass is 456 g/mol. The topological polar surface area (TPSA) is 92.8 Å². The Bertz CT molecular complexity index is 888. The van der Waals surface area contributed by atoms with Crippen molar-refractivity contribution in [2.45, 2.75) is 58.9 Å². The summed E-state index contributed by atoms with van der Waals surface area (Å²) in [6.07, 6.45) is 1.76. The Balaban J connectivity index is 1.80. The van der Waals surface area contributed by atoms with Gasteiger partial charge in [-0.25, -0.2) is 17.6 Å². The van der Waals surface area contributed by atoms with Crippen molar-refractivity contribution >= 4 is 21.8 Å². The van der Waals surface area contributed by atoms with E-state index in [1.54, 1.807) is 26.0 Å². The maximum atomic E-state index is 14.0. The van der Waals surface area contributed by atoms with Crippen molar-refractivity contribution in [3.8, 4) is 5.75 Å². The zero-order valence-corrected chi connectivity index (χ0v) is 19.5. The van der Waals surface area contributed by atoms with Crippen LogP contribution in [0.2, 0.25) is 0 Å². The highest BCUT2D eigenvalue weighted by Crippen LogP contribution is 2.26. The van der Waals surface area contributed by atoms with Crippen LogP contribution in [0.1, 0.15) is 58.4 Å². The number of halogens is 1. The maximum absolute atomic E-state index is 14.0. The van der Waals surface area contributed by atoms with Gasteiger partial charge in [-0.3, -0.25) is 10.1 Å². The summed E-state index contributed by atoms with van der Waals surface area (Å²) in [6.45, 7) is 8.22. The van der Waals surface area contributed by atoms with Crippen molar-refractivity contribution in [3.05, 3.63) is 29.6 Å². The SMILES string of the molecule is CC(C)COc1cc([C@@H](C)CS(=O)(=O)CCCCCN2C(=O)NC(=O)C2C)ccc1F. The largest absolute Gasteiger partial charge is 0.490 e. The van der Waals surface area contributed by atoms with Crippen molar-refractivity contribution in [3.63, 3.8) is 0 Å². The number of amides is 3. The van der Waals surface area contributed by atoms with Crippen LogP contribution in [0, 0.1) is 11.7 Å². The fourth-order valence-corrected chi connectivity index (χ4v) is 5.19. The zero-order valence-electron chi connectivity index (χ0n) is 18.7. The van der Waals surface area contributed by atoms with Gasteiger partial charge in [0, 0.05) is 6.54 Å². The van der Waals surface area contributed by atoms with Gasteiger partial charge in [0.15, 0.2) is 21.4 Å². The molecular weight excluding hydrogens is 423 g/mol. The molecule has 0 aromatic heterocycles. The molecule has 0 aliphatic carbocycles. The quantitative estimate of drug-likeness (QED) is 0.384. The molecule has 1 aliphatic rings. The van der Waals surface area contributed by atoms with E-state index in [0.717, 1.165) is 5.56 Å². The Hall–Kier alpha value is -2.16. The molecule has 1 aliphatic heterocycles. The van der Waals surface area contributed by atoms with Crippen molar-refractivity contribution in [2.75, 3.05) is 24.7 Å². The minimum absolute atomic E-state index is 0.0255. The molecule has 31 heavy (non-hydrogen) atoms. The zero-order chi connectivity index (χ0) is 23.2. The third kappa shape index (κ3) is 7.48. The van der Waals surface area contributed by atoms with E-state index in [4.69, 9.17) is 4.74 Å². The van der Waals surface area contributed by atoms with Crippen LogP contribution in [0.4, 0.5) is 9.18 Å². The Kier molecular flexibility index (Phi) is 8.85. The van der Waals surface area contributed by atoms with E-state index in [1.165, 1.54) is 11.0 Å². The molecule has 2 rings (SSSR count). The summed E-state index contributed by atoms with van der Waals surface area (Å²) in [5.41, 5.74) is 0.724. The Morgan fingerprint density at radius 1 is 1.16 bits per heavy atom. The molecule has 0 saturated carbocycles. The van der Waals surface area contributed by atoms with Crippen LogP contribution in [-0.2, 0) is 14.6 Å². The van der Waals surface area contributed by atoms with Crippen LogP contribution in [0.3, 0.4) is 0 Å². The molecule has 9 heteroatoms. The van der Waals surface area contributed by atoms with E-state index in [-0.39, 0.29) is 35.0 Å². The number of sulfone groups is 1. The summed E-state index contributed by atoms with van der Waals surface area (Å²) < 4.78 is 44.5. The second kappa shape index (κ2) is 10.9. The van der Waals surface area contributed by atoms with Crippen molar-refractivity contribution in [1.82, 2.24) is 10.2 Å². The lowest BCUT2D eigenvalue weighted by molar-refractivity contribution is -0.121. The van der Waals surface area contributed by atoms with Crippen LogP contribution >= 0.6 is 0 Å². The molecule has 1 saturated heterocycles. The number of imide groups is 1. The number of nitrogens with one attached hydrogen (secondary N) is 1. The van der Waals surface area contributed by atoms with Gasteiger partial charge in [0.2, 0.25) is 0 Å². The van der Waals surface area contributed by atoms with Crippen molar-refractivity contribution in [1.29, 1.82) is 0 Å². The van der Waals surface area contributed by atoms with Crippen LogP contribution in [0.5, 0.6) is 5.75 Å². The minimum Gasteiger partial charge on any atom is -0.490 e. The molecule has 1 fully saturated rings. The van der Waals surface area contributed by atoms with Crippen LogP contribution in [0.15, 0.2) is 18.2 Å². The number of rotatable bonds is 12. The minimum atomic E-state index is -3.29. The molecule has 7 nitrogen and oxygen atoms in total. The Labute approximate surface area is 184 Å². The summed E-state index contributed by atoms with van der Waals surface area (Å²) in [6, 6.07) is 3.62. The number of unbranched alkanes of at least 4 members (excludes halogenated alkanes) is 2. The first kappa shape index (κ1) is 25.1. The molecule has 2 atom stereocenters. The third-order valence-corrected chi connectivity index (χ3v) is 7.21. The highest BCUT2D eigenvalue weighted by atomic mass is 32.2. The first-order valence-electron chi connectivity index (χ1n) is 10.7. The predicted molar refractivity (Wildman–Crippen MR) is 117 cm³/mol. The highest BCUT2D eigenvalue weighted by molar-refractivity contribution is 7.91. The lowest BCUT2D eigenvalue weighted by Gasteiger charge is -2.18. The number of carbonyl (C=O) groups is 2. The summed E-state index contributed by atoms with van der Waals surface area (Å²) in [5.74, 6) is -0.619. The van der Waals surface area contributed by atoms with Gasteiger partial charge in [0.05, 0.1) is 18.1 Å². The van der Waals surface area contributed by atoms with E-state index in [9.17, 15) is 22.4 Å². The first-order chi connectivity index (χ1) is 14.5. The Morgan fingerprint density at radius 3 is 2.48 bits per heavy atom. The van der Waals surface area contributed by atoms with Gasteiger partial charge >= 0.3 is 6.03 Å². The van der Waals surface area contributed by atoms with Gasteiger partial charge in [-0.05, 0) is 49.3 Å². The predicted octanol–water partition coefficient (Wildman–Crippen LogP) is 3.49. The summed E-state index contributed by atoms with van der Waals surface area (Å²) in [4.78, 5) is 24.6. The van der Waals surface area contributed by atoms with Crippen molar-refractivity contribution in [2.24, 2.45) is 5.92 Å². The lowest BCUT2D eigenvalue weighted by Crippen LogP contribution is -2.33. The summed E-state index contributed by atoms with van der Waals surface area (Å²) in [7, 11) is -3.29. The Morgan fingerprint density at radius 2 is 1.87 bits per heavy atom. The first-order valence-corrected chi connectivity index (χ1v) is 12.6. The smallest absolute Gasteiger partial charge is 0.324 e. The van der Waals surface area contributed by atoms with Gasteiger partial charge < -0.3 is 9.64 Å². The van der Waals surface area contributed by atoms with Gasteiger partial charge in [-0.15, -0.1) is 0 Å². The number of carbonyl (C=O) groups excluding carboxylic acids is 2. The van der Waals surface area contributed by atoms with E-state index >= 15 is 0 Å². The van der Waals surface area contributed by atoms with Gasteiger partial charge in [-0.2, -0.15) is 0 Å². The normalized spacial score (nSPS) is 17.9. The molecule has 3 amide bonds. The van der Waals surface area contributed by atoms with Crippen molar-refractivity contribution < 1.29 is 27.1 Å².